The van der Waals surface area contributed by atoms with E-state index in [0.29, 0.717) is 0 Å². The predicted octanol–water partition coefficient (Wildman–Crippen LogP) is 1.36. The number of hydrogen-bond donors (Lipinski definition) is 2. The molecular weight excluding hydrogens is 308 g/mol. The zero-order valence-electron chi connectivity index (χ0n) is 11.9. The van der Waals surface area contributed by atoms with E-state index in [9.17, 15) is 18.3 Å². The Bertz CT molecular complexity index is 870. The molecule has 1 heterocycles. The molecule has 0 unspecified atom stereocenters. The van der Waals surface area contributed by atoms with Gasteiger partial charge in [-0.2, -0.15) is 18.4 Å². The van der Waals surface area contributed by atoms with Gasteiger partial charge in [0.15, 0.2) is 0 Å². The van der Waals surface area contributed by atoms with Gasteiger partial charge in [-0.05, 0) is 26.0 Å². The van der Waals surface area contributed by atoms with Crippen molar-refractivity contribution in [1.29, 1.82) is 0 Å². The molecule has 22 heavy (non-hydrogen) atoms. The lowest BCUT2D eigenvalue weighted by Gasteiger charge is -2.06. The fourth-order valence-corrected chi connectivity index (χ4v) is 2.64. The van der Waals surface area contributed by atoms with E-state index < -0.39 is 15.6 Å². The Kier molecular flexibility index (Phi) is 4.32. The van der Waals surface area contributed by atoms with Crippen LogP contribution in [0.25, 0.3) is 0 Å². The van der Waals surface area contributed by atoms with Gasteiger partial charge < -0.3 is 9.52 Å². The minimum Gasteiger partial charge on any atom is -0.507 e. The van der Waals surface area contributed by atoms with Crippen LogP contribution >= 0.6 is 0 Å². The van der Waals surface area contributed by atoms with Gasteiger partial charge in [-0.15, -0.1) is 0 Å². The Labute approximate surface area is 127 Å². The van der Waals surface area contributed by atoms with Gasteiger partial charge in [-0.1, -0.05) is 18.2 Å². The highest BCUT2D eigenvalue weighted by Crippen LogP contribution is 2.15. The number of benzene rings is 1. The Morgan fingerprint density at radius 1 is 1.27 bits per heavy atom. The van der Waals surface area contributed by atoms with Crippen LogP contribution in [0, 0.1) is 6.92 Å². The maximum atomic E-state index is 12.0. The largest absolute Gasteiger partial charge is 0.507 e. The minimum atomic E-state index is -3.85. The molecule has 1 aromatic heterocycles. The minimum absolute atomic E-state index is 0.00856. The van der Waals surface area contributed by atoms with Crippen molar-refractivity contribution in [2.45, 2.75) is 18.7 Å². The van der Waals surface area contributed by atoms with E-state index in [0.717, 1.165) is 0 Å². The van der Waals surface area contributed by atoms with Gasteiger partial charge in [0.2, 0.25) is 0 Å². The smallest absolute Gasteiger partial charge is 0.348 e. The van der Waals surface area contributed by atoms with Crippen LogP contribution in [0.4, 0.5) is 0 Å². The Morgan fingerprint density at radius 3 is 2.50 bits per heavy atom. The summed E-state index contributed by atoms with van der Waals surface area (Å²) in [7, 11) is -3.85. The van der Waals surface area contributed by atoms with Gasteiger partial charge in [0.1, 0.15) is 17.1 Å². The van der Waals surface area contributed by atoms with Gasteiger partial charge in [-0.25, -0.2) is 4.79 Å². The third-order valence-corrected chi connectivity index (χ3v) is 4.03. The second kappa shape index (κ2) is 6.02. The number of nitrogens with one attached hydrogen (secondary N) is 1. The standard InChI is InChI=1S/C14H14N2O5S/c1-9-8-12(17)13(14(18)21-9)10(2)15-16-22(19,20)11-6-4-3-5-7-11/h3-8,16-17H,1-2H3/b15-10+. The molecule has 0 atom stereocenters. The Balaban J connectivity index is 2.34. The number of aryl methyl sites for hydroxylation is 1. The number of hydrogen-bond acceptors (Lipinski definition) is 6. The zero-order chi connectivity index (χ0) is 16.3. The van der Waals surface area contributed by atoms with Crippen LogP contribution in [0.2, 0.25) is 0 Å². The zero-order valence-corrected chi connectivity index (χ0v) is 12.7. The van der Waals surface area contributed by atoms with Crippen molar-refractivity contribution in [1.82, 2.24) is 4.83 Å². The summed E-state index contributed by atoms with van der Waals surface area (Å²) in [6, 6.07) is 8.90. The molecule has 2 N–H and O–H groups in total. The molecule has 0 saturated carbocycles. The van der Waals surface area contributed by atoms with Gasteiger partial charge in [-0.3, -0.25) is 0 Å². The molecule has 7 nitrogen and oxygen atoms in total. The molecule has 0 bridgehead atoms. The van der Waals surface area contributed by atoms with Crippen molar-refractivity contribution in [3.8, 4) is 5.75 Å². The average Bonchev–Trinajstić information content (AvgIpc) is 2.45. The quantitative estimate of drug-likeness (QED) is 0.652. The third kappa shape index (κ3) is 3.34. The van der Waals surface area contributed by atoms with Crippen LogP contribution in [-0.2, 0) is 10.0 Å². The first-order chi connectivity index (χ1) is 10.3. The van der Waals surface area contributed by atoms with Crippen molar-refractivity contribution in [2.75, 3.05) is 0 Å². The molecule has 1 aromatic carbocycles. The fourth-order valence-electron chi connectivity index (χ4n) is 1.77. The van der Waals surface area contributed by atoms with E-state index in [1.165, 1.54) is 32.0 Å². The molecular formula is C14H14N2O5S. The third-order valence-electron chi connectivity index (χ3n) is 2.80. The van der Waals surface area contributed by atoms with E-state index in [-0.39, 0.29) is 27.7 Å². The van der Waals surface area contributed by atoms with Crippen LogP contribution < -0.4 is 10.5 Å². The number of rotatable bonds is 4. The molecule has 8 heteroatoms. The summed E-state index contributed by atoms with van der Waals surface area (Å²) in [5.41, 5.74) is -0.996. The normalized spacial score (nSPS) is 12.2. The van der Waals surface area contributed by atoms with Crippen LogP contribution in [0.3, 0.4) is 0 Å². The molecule has 0 spiro atoms. The summed E-state index contributed by atoms with van der Waals surface area (Å²) in [6.07, 6.45) is 0. The number of sulfonamides is 1. The van der Waals surface area contributed by atoms with E-state index >= 15 is 0 Å². The van der Waals surface area contributed by atoms with E-state index in [1.807, 2.05) is 4.83 Å². The summed E-state index contributed by atoms with van der Waals surface area (Å²) in [4.78, 5) is 13.8. The molecule has 2 rings (SSSR count). The monoisotopic (exact) mass is 322 g/mol. The van der Waals surface area contributed by atoms with Crippen LogP contribution in [0.15, 0.2) is 55.6 Å². The maximum absolute atomic E-state index is 12.0. The molecule has 0 fully saturated rings. The lowest BCUT2D eigenvalue weighted by molar-refractivity contribution is 0.432. The number of hydrazone groups is 1. The lowest BCUT2D eigenvalue weighted by atomic mass is 10.2. The molecule has 0 saturated heterocycles. The highest BCUT2D eigenvalue weighted by molar-refractivity contribution is 7.89. The van der Waals surface area contributed by atoms with Crippen molar-refractivity contribution >= 4 is 15.7 Å². The van der Waals surface area contributed by atoms with Gasteiger partial charge in [0.25, 0.3) is 10.0 Å². The number of nitrogens with zero attached hydrogens (tertiary/aromatic N) is 1. The van der Waals surface area contributed by atoms with Gasteiger partial charge in [0, 0.05) is 6.07 Å². The molecule has 0 amide bonds. The lowest BCUT2D eigenvalue weighted by Crippen LogP contribution is -2.22. The molecule has 2 aromatic rings. The topological polar surface area (TPSA) is 109 Å². The fraction of sp³-hybridized carbons (Fsp3) is 0.143. The average molecular weight is 322 g/mol. The number of aromatic hydroxyl groups is 1. The van der Waals surface area contributed by atoms with E-state index in [1.54, 1.807) is 18.2 Å². The van der Waals surface area contributed by atoms with Crippen LogP contribution in [0.1, 0.15) is 18.2 Å². The van der Waals surface area contributed by atoms with Crippen LogP contribution in [-0.4, -0.2) is 19.2 Å². The molecule has 0 aliphatic carbocycles. The highest BCUT2D eigenvalue weighted by Gasteiger charge is 2.16. The summed E-state index contributed by atoms with van der Waals surface area (Å²) in [6.45, 7) is 2.89. The Hall–Kier alpha value is -2.61. The SMILES string of the molecule is C/C(=N\NS(=O)(=O)c1ccccc1)c1c(O)cc(C)oc1=O. The first kappa shape index (κ1) is 15.8. The maximum Gasteiger partial charge on any atom is 0.348 e. The highest BCUT2D eigenvalue weighted by atomic mass is 32.2. The molecule has 0 aliphatic heterocycles. The first-order valence-corrected chi connectivity index (χ1v) is 7.75. The van der Waals surface area contributed by atoms with Crippen LogP contribution in [0.5, 0.6) is 5.75 Å². The van der Waals surface area contributed by atoms with E-state index in [2.05, 4.69) is 5.10 Å². The van der Waals surface area contributed by atoms with Crippen molar-refractivity contribution < 1.29 is 17.9 Å². The summed E-state index contributed by atoms with van der Waals surface area (Å²) < 4.78 is 28.9. The molecule has 116 valence electrons. The summed E-state index contributed by atoms with van der Waals surface area (Å²) in [5, 5.41) is 13.4. The molecule has 0 aliphatic rings. The Morgan fingerprint density at radius 2 is 1.91 bits per heavy atom. The predicted molar refractivity (Wildman–Crippen MR) is 80.4 cm³/mol. The van der Waals surface area contributed by atoms with E-state index in [4.69, 9.17) is 4.42 Å². The second-order valence-electron chi connectivity index (χ2n) is 4.51. The second-order valence-corrected chi connectivity index (χ2v) is 6.17. The molecule has 0 radical (unpaired) electrons. The van der Waals surface area contributed by atoms with Gasteiger partial charge >= 0.3 is 5.63 Å². The first-order valence-electron chi connectivity index (χ1n) is 6.26. The van der Waals surface area contributed by atoms with Crippen molar-refractivity contribution in [2.24, 2.45) is 5.10 Å². The van der Waals surface area contributed by atoms with Gasteiger partial charge in [0.05, 0.1) is 10.6 Å². The van der Waals surface area contributed by atoms with Crippen molar-refractivity contribution in [3.05, 3.63) is 58.1 Å². The summed E-state index contributed by atoms with van der Waals surface area (Å²) >= 11 is 0. The van der Waals surface area contributed by atoms with Crippen molar-refractivity contribution in [3.63, 3.8) is 0 Å². The summed E-state index contributed by atoms with van der Waals surface area (Å²) in [5.74, 6) is -0.0853.